The van der Waals surface area contributed by atoms with E-state index in [0.717, 1.165) is 15.4 Å². The molecule has 1 atom stereocenters. The highest BCUT2D eigenvalue weighted by Crippen LogP contribution is 2.29. The van der Waals surface area contributed by atoms with E-state index in [1.54, 1.807) is 24.5 Å². The highest BCUT2D eigenvalue weighted by Gasteiger charge is 2.08. The fraction of sp³-hybridized carbons (Fsp3) is 0.357. The van der Waals surface area contributed by atoms with E-state index in [-0.39, 0.29) is 0 Å². The minimum Gasteiger partial charge on any atom is -0.388 e. The first-order valence-corrected chi connectivity index (χ1v) is 6.63. The van der Waals surface area contributed by atoms with Crippen molar-refractivity contribution in [1.29, 1.82) is 0 Å². The number of benzene rings is 1. The Balaban J connectivity index is 2.27. The van der Waals surface area contributed by atoms with Crippen LogP contribution in [-0.2, 0) is 0 Å². The van der Waals surface area contributed by atoms with Gasteiger partial charge in [-0.25, -0.2) is 4.98 Å². The second-order valence-electron chi connectivity index (χ2n) is 4.52. The van der Waals surface area contributed by atoms with Crippen LogP contribution in [0.25, 0.3) is 10.6 Å². The minimum atomic E-state index is -0.434. The van der Waals surface area contributed by atoms with Crippen LogP contribution in [0.15, 0.2) is 30.5 Å². The monoisotopic (exact) mass is 247 g/mol. The molecule has 2 rings (SSSR count). The molecule has 90 valence electrons. The third kappa shape index (κ3) is 2.73. The molecule has 1 aromatic heterocycles. The lowest BCUT2D eigenvalue weighted by atomic mass is 10.0. The third-order valence-electron chi connectivity index (χ3n) is 2.76. The zero-order valence-corrected chi connectivity index (χ0v) is 11.2. The van der Waals surface area contributed by atoms with Gasteiger partial charge in [0.25, 0.3) is 0 Å². The van der Waals surface area contributed by atoms with Gasteiger partial charge >= 0.3 is 0 Å². The average molecular weight is 247 g/mol. The number of nitrogens with zero attached hydrogens (tertiary/aromatic N) is 1. The first-order chi connectivity index (χ1) is 8.08. The molecule has 0 fully saturated rings. The van der Waals surface area contributed by atoms with Gasteiger partial charge in [-0.2, -0.15) is 0 Å². The Labute approximate surface area is 106 Å². The van der Waals surface area contributed by atoms with Crippen molar-refractivity contribution in [2.24, 2.45) is 0 Å². The summed E-state index contributed by atoms with van der Waals surface area (Å²) in [6.45, 7) is 6.13. The maximum atomic E-state index is 9.47. The summed E-state index contributed by atoms with van der Waals surface area (Å²) < 4.78 is 0. The van der Waals surface area contributed by atoms with Crippen LogP contribution in [0.5, 0.6) is 0 Å². The van der Waals surface area contributed by atoms with E-state index >= 15 is 0 Å². The fourth-order valence-corrected chi connectivity index (χ4v) is 2.48. The maximum Gasteiger partial charge on any atom is 0.123 e. The molecule has 1 unspecified atom stereocenters. The van der Waals surface area contributed by atoms with Crippen LogP contribution in [0.4, 0.5) is 0 Å². The number of aliphatic hydroxyl groups is 1. The molecule has 1 aromatic carbocycles. The smallest absolute Gasteiger partial charge is 0.123 e. The standard InChI is InChI=1S/C14H17NOS/c1-9(2)11-4-6-12(7-5-11)14-15-8-13(17-14)10(3)16/h4-10,16H,1-3H3. The lowest BCUT2D eigenvalue weighted by Gasteiger charge is -2.05. The molecule has 3 heteroatoms. The molecule has 0 spiro atoms. The largest absolute Gasteiger partial charge is 0.388 e. The van der Waals surface area contributed by atoms with Gasteiger partial charge in [0.15, 0.2) is 0 Å². The summed E-state index contributed by atoms with van der Waals surface area (Å²) in [7, 11) is 0. The molecular formula is C14H17NOS. The molecule has 0 saturated carbocycles. The maximum absolute atomic E-state index is 9.47. The summed E-state index contributed by atoms with van der Waals surface area (Å²) in [4.78, 5) is 5.25. The van der Waals surface area contributed by atoms with Gasteiger partial charge in [0.05, 0.1) is 11.0 Å². The summed E-state index contributed by atoms with van der Waals surface area (Å²) in [6, 6.07) is 8.48. The van der Waals surface area contributed by atoms with Gasteiger partial charge in [0.1, 0.15) is 5.01 Å². The molecule has 0 aliphatic heterocycles. The molecule has 0 bridgehead atoms. The van der Waals surface area contributed by atoms with Crippen LogP contribution in [0.1, 0.15) is 43.2 Å². The molecule has 0 aliphatic rings. The number of hydrogen-bond acceptors (Lipinski definition) is 3. The number of aromatic nitrogens is 1. The summed E-state index contributed by atoms with van der Waals surface area (Å²) in [5.74, 6) is 0.549. The molecule has 1 heterocycles. The van der Waals surface area contributed by atoms with Gasteiger partial charge < -0.3 is 5.11 Å². The summed E-state index contributed by atoms with van der Waals surface area (Å²) >= 11 is 1.55. The van der Waals surface area contributed by atoms with Crippen molar-refractivity contribution in [3.05, 3.63) is 40.9 Å². The summed E-state index contributed by atoms with van der Waals surface area (Å²) in [5.41, 5.74) is 2.45. The zero-order chi connectivity index (χ0) is 12.4. The van der Waals surface area contributed by atoms with Crippen molar-refractivity contribution in [3.8, 4) is 10.6 Å². The average Bonchev–Trinajstić information content (AvgIpc) is 2.78. The van der Waals surface area contributed by atoms with Crippen molar-refractivity contribution >= 4 is 11.3 Å². The Bertz CT molecular complexity index is 485. The topological polar surface area (TPSA) is 33.1 Å². The number of aliphatic hydroxyl groups excluding tert-OH is 1. The molecule has 1 N–H and O–H groups in total. The van der Waals surface area contributed by atoms with Gasteiger partial charge in [-0.3, -0.25) is 0 Å². The van der Waals surface area contributed by atoms with Crippen molar-refractivity contribution in [2.45, 2.75) is 32.8 Å². The second-order valence-corrected chi connectivity index (χ2v) is 5.58. The van der Waals surface area contributed by atoms with Gasteiger partial charge in [0.2, 0.25) is 0 Å². The van der Waals surface area contributed by atoms with Crippen LogP contribution in [0, 0.1) is 0 Å². The van der Waals surface area contributed by atoms with Crippen LogP contribution in [-0.4, -0.2) is 10.1 Å². The predicted molar refractivity (Wildman–Crippen MR) is 72.3 cm³/mol. The van der Waals surface area contributed by atoms with Crippen molar-refractivity contribution in [1.82, 2.24) is 4.98 Å². The summed E-state index contributed by atoms with van der Waals surface area (Å²) in [6.07, 6.45) is 1.32. The highest BCUT2D eigenvalue weighted by atomic mass is 32.1. The normalized spacial score (nSPS) is 13.0. The van der Waals surface area contributed by atoms with Gasteiger partial charge in [0, 0.05) is 11.8 Å². The Morgan fingerprint density at radius 2 is 1.76 bits per heavy atom. The van der Waals surface area contributed by atoms with E-state index in [4.69, 9.17) is 0 Å². The van der Waals surface area contributed by atoms with E-state index in [9.17, 15) is 5.11 Å². The Hall–Kier alpha value is -1.19. The quantitative estimate of drug-likeness (QED) is 0.889. The number of rotatable bonds is 3. The Morgan fingerprint density at radius 1 is 1.12 bits per heavy atom. The third-order valence-corrected chi connectivity index (χ3v) is 3.98. The first-order valence-electron chi connectivity index (χ1n) is 5.82. The van der Waals surface area contributed by atoms with E-state index in [1.165, 1.54) is 5.56 Å². The van der Waals surface area contributed by atoms with Crippen LogP contribution in [0.3, 0.4) is 0 Å². The Kier molecular flexibility index (Phi) is 3.60. The van der Waals surface area contributed by atoms with Crippen LogP contribution < -0.4 is 0 Å². The van der Waals surface area contributed by atoms with Crippen molar-refractivity contribution in [2.75, 3.05) is 0 Å². The summed E-state index contributed by atoms with van der Waals surface area (Å²) in [5, 5.41) is 10.4. The van der Waals surface area contributed by atoms with Crippen LogP contribution in [0.2, 0.25) is 0 Å². The lowest BCUT2D eigenvalue weighted by Crippen LogP contribution is -1.86. The van der Waals surface area contributed by atoms with E-state index in [2.05, 4.69) is 43.1 Å². The second kappa shape index (κ2) is 4.98. The lowest BCUT2D eigenvalue weighted by molar-refractivity contribution is 0.203. The number of hydrogen-bond donors (Lipinski definition) is 1. The zero-order valence-electron chi connectivity index (χ0n) is 10.3. The molecule has 0 saturated heterocycles. The molecule has 0 radical (unpaired) electrons. The van der Waals surface area contributed by atoms with E-state index in [1.807, 2.05) is 0 Å². The fourth-order valence-electron chi connectivity index (χ4n) is 1.62. The molecular weight excluding hydrogens is 230 g/mol. The van der Waals surface area contributed by atoms with Gasteiger partial charge in [-0.1, -0.05) is 38.1 Å². The molecule has 0 aliphatic carbocycles. The van der Waals surface area contributed by atoms with Gasteiger partial charge in [-0.05, 0) is 18.4 Å². The first kappa shape index (κ1) is 12.3. The molecule has 17 heavy (non-hydrogen) atoms. The van der Waals surface area contributed by atoms with Gasteiger partial charge in [-0.15, -0.1) is 11.3 Å². The van der Waals surface area contributed by atoms with E-state index in [0.29, 0.717) is 5.92 Å². The highest BCUT2D eigenvalue weighted by molar-refractivity contribution is 7.15. The SMILES string of the molecule is CC(C)c1ccc(-c2ncc(C(C)O)s2)cc1. The van der Waals surface area contributed by atoms with Crippen LogP contribution >= 0.6 is 11.3 Å². The Morgan fingerprint density at radius 3 is 2.24 bits per heavy atom. The minimum absolute atomic E-state index is 0.434. The molecule has 2 nitrogen and oxygen atoms in total. The predicted octanol–water partition coefficient (Wildman–Crippen LogP) is 3.99. The number of thiazole rings is 1. The van der Waals surface area contributed by atoms with Crippen molar-refractivity contribution < 1.29 is 5.11 Å². The van der Waals surface area contributed by atoms with E-state index < -0.39 is 6.10 Å². The molecule has 2 aromatic rings. The molecule has 0 amide bonds. The van der Waals surface area contributed by atoms with Crippen molar-refractivity contribution in [3.63, 3.8) is 0 Å².